The Balaban J connectivity index is 1.37. The number of rotatable bonds is 4. The molecular formula is C21H25N5O3. The van der Waals surface area contributed by atoms with Gasteiger partial charge in [-0.3, -0.25) is 9.59 Å². The van der Waals surface area contributed by atoms with E-state index >= 15 is 0 Å². The zero-order valence-corrected chi connectivity index (χ0v) is 16.7. The molecule has 4 rings (SSSR count). The number of amides is 2. The van der Waals surface area contributed by atoms with Crippen molar-refractivity contribution in [1.82, 2.24) is 14.9 Å². The van der Waals surface area contributed by atoms with Gasteiger partial charge in [-0.1, -0.05) is 12.1 Å². The fraction of sp³-hybridized carbons (Fsp3) is 0.429. The van der Waals surface area contributed by atoms with Crippen molar-refractivity contribution in [2.75, 3.05) is 42.5 Å². The highest BCUT2D eigenvalue weighted by Gasteiger charge is 2.40. The van der Waals surface area contributed by atoms with Crippen LogP contribution >= 0.6 is 0 Å². The first-order valence-electron chi connectivity index (χ1n) is 9.85. The summed E-state index contributed by atoms with van der Waals surface area (Å²) >= 11 is 0. The Kier molecular flexibility index (Phi) is 5.08. The van der Waals surface area contributed by atoms with Gasteiger partial charge in [0.15, 0.2) is 5.60 Å². The Hall–Kier alpha value is -3.16. The predicted octanol–water partition coefficient (Wildman–Crippen LogP) is 1.72. The van der Waals surface area contributed by atoms with E-state index in [9.17, 15) is 9.59 Å². The van der Waals surface area contributed by atoms with Gasteiger partial charge in [0.05, 0.1) is 5.69 Å². The molecule has 0 N–H and O–H groups in total. The van der Waals surface area contributed by atoms with Crippen molar-refractivity contribution in [3.8, 4) is 5.75 Å². The maximum atomic E-state index is 12.9. The van der Waals surface area contributed by atoms with Crippen molar-refractivity contribution in [3.05, 3.63) is 42.7 Å². The van der Waals surface area contributed by atoms with Crippen LogP contribution in [0.25, 0.3) is 0 Å². The number of para-hydroxylation sites is 2. The molecule has 152 valence electrons. The van der Waals surface area contributed by atoms with E-state index in [4.69, 9.17) is 4.74 Å². The number of hydrogen-bond donors (Lipinski definition) is 0. The lowest BCUT2D eigenvalue weighted by Crippen LogP contribution is -2.54. The predicted molar refractivity (Wildman–Crippen MR) is 109 cm³/mol. The average molecular weight is 395 g/mol. The van der Waals surface area contributed by atoms with Gasteiger partial charge < -0.3 is 19.4 Å². The minimum atomic E-state index is -0.946. The molecule has 2 aliphatic rings. The normalized spacial score (nSPS) is 18.3. The smallest absolute Gasteiger partial charge is 0.270 e. The second-order valence-electron chi connectivity index (χ2n) is 7.70. The van der Waals surface area contributed by atoms with Crippen LogP contribution in [-0.4, -0.2) is 65.0 Å². The van der Waals surface area contributed by atoms with Crippen LogP contribution in [0, 0.1) is 0 Å². The first-order chi connectivity index (χ1) is 14.0. The highest BCUT2D eigenvalue weighted by atomic mass is 16.5. The Morgan fingerprint density at radius 3 is 2.48 bits per heavy atom. The van der Waals surface area contributed by atoms with E-state index in [2.05, 4.69) is 14.9 Å². The van der Waals surface area contributed by atoms with Crippen molar-refractivity contribution in [2.24, 2.45) is 0 Å². The zero-order valence-electron chi connectivity index (χ0n) is 16.7. The van der Waals surface area contributed by atoms with Gasteiger partial charge in [0.25, 0.3) is 5.91 Å². The minimum absolute atomic E-state index is 0.0493. The van der Waals surface area contributed by atoms with Gasteiger partial charge in [-0.2, -0.15) is 0 Å². The number of anilines is 2. The lowest BCUT2D eigenvalue weighted by atomic mass is 10.0. The maximum absolute atomic E-state index is 12.9. The lowest BCUT2D eigenvalue weighted by Gasteiger charge is -2.39. The topological polar surface area (TPSA) is 78.9 Å². The first-order valence-corrected chi connectivity index (χ1v) is 9.85. The summed E-state index contributed by atoms with van der Waals surface area (Å²) in [6, 6.07) is 9.24. The zero-order chi connectivity index (χ0) is 20.4. The van der Waals surface area contributed by atoms with Crippen LogP contribution in [-0.2, 0) is 9.59 Å². The largest absolute Gasteiger partial charge is 0.476 e. The molecule has 0 radical (unpaired) electrons. The lowest BCUT2D eigenvalue weighted by molar-refractivity contribution is -0.133. The second kappa shape index (κ2) is 7.69. The number of hydrogen-bond acceptors (Lipinski definition) is 6. The van der Waals surface area contributed by atoms with Gasteiger partial charge in [-0.15, -0.1) is 0 Å². The summed E-state index contributed by atoms with van der Waals surface area (Å²) in [6.45, 7) is 6.48. The molecule has 0 bridgehead atoms. The summed E-state index contributed by atoms with van der Waals surface area (Å²) in [4.78, 5) is 39.8. The third-order valence-electron chi connectivity index (χ3n) is 5.30. The number of ether oxygens (including phenoxy) is 1. The third-order valence-corrected chi connectivity index (χ3v) is 5.30. The van der Waals surface area contributed by atoms with Gasteiger partial charge in [-0.25, -0.2) is 9.97 Å². The van der Waals surface area contributed by atoms with E-state index in [0.29, 0.717) is 44.4 Å². The van der Waals surface area contributed by atoms with Crippen LogP contribution in [0.4, 0.5) is 11.6 Å². The Morgan fingerprint density at radius 2 is 1.76 bits per heavy atom. The first kappa shape index (κ1) is 19.2. The van der Waals surface area contributed by atoms with Crippen molar-refractivity contribution in [1.29, 1.82) is 0 Å². The monoisotopic (exact) mass is 395 g/mol. The summed E-state index contributed by atoms with van der Waals surface area (Å²) in [5.74, 6) is 1.28. The second-order valence-corrected chi connectivity index (χ2v) is 7.70. The Bertz CT molecular complexity index is 894. The molecule has 1 saturated heterocycles. The van der Waals surface area contributed by atoms with Gasteiger partial charge in [0, 0.05) is 51.5 Å². The fourth-order valence-corrected chi connectivity index (χ4v) is 3.72. The molecule has 1 aromatic carbocycles. The third kappa shape index (κ3) is 3.87. The van der Waals surface area contributed by atoms with Gasteiger partial charge in [0.2, 0.25) is 11.9 Å². The number of aromatic nitrogens is 2. The van der Waals surface area contributed by atoms with E-state index in [1.165, 1.54) is 0 Å². The number of benzene rings is 1. The molecule has 1 aromatic heterocycles. The molecule has 2 aromatic rings. The average Bonchev–Trinajstić information content (AvgIpc) is 2.74. The Morgan fingerprint density at radius 1 is 1.07 bits per heavy atom. The van der Waals surface area contributed by atoms with Crippen LogP contribution < -0.4 is 14.5 Å². The number of piperazine rings is 1. The molecule has 8 heteroatoms. The van der Waals surface area contributed by atoms with E-state index in [1.54, 1.807) is 37.2 Å². The van der Waals surface area contributed by atoms with Crippen LogP contribution in [0.1, 0.15) is 20.3 Å². The van der Waals surface area contributed by atoms with Crippen LogP contribution in [0.3, 0.4) is 0 Å². The Labute approximate surface area is 170 Å². The minimum Gasteiger partial charge on any atom is -0.476 e. The number of carbonyl (C=O) groups excluding carboxylic acids is 2. The van der Waals surface area contributed by atoms with Crippen LogP contribution in [0.2, 0.25) is 0 Å². The maximum Gasteiger partial charge on any atom is 0.270 e. The van der Waals surface area contributed by atoms with E-state index < -0.39 is 5.60 Å². The van der Waals surface area contributed by atoms with Crippen molar-refractivity contribution < 1.29 is 14.3 Å². The summed E-state index contributed by atoms with van der Waals surface area (Å²) in [6.07, 6.45) is 3.72. The number of carbonyl (C=O) groups is 2. The molecule has 1 fully saturated rings. The standard InChI is InChI=1S/C21H25N5O3/c1-21(2)19(28)26(16-6-3-4-7-17(16)29-21)11-8-18(27)24-12-14-25(15-13-24)20-22-9-5-10-23-20/h3-7,9-10H,8,11-15H2,1-2H3. The molecule has 2 amide bonds. The van der Waals surface area contributed by atoms with Gasteiger partial charge >= 0.3 is 0 Å². The summed E-state index contributed by atoms with van der Waals surface area (Å²) in [5.41, 5.74) is -0.228. The SMILES string of the molecule is CC1(C)Oc2ccccc2N(CCC(=O)N2CCN(c3ncccn3)CC2)C1=O. The molecule has 0 aliphatic carbocycles. The van der Waals surface area contributed by atoms with Gasteiger partial charge in [-0.05, 0) is 32.0 Å². The molecule has 0 spiro atoms. The molecule has 0 unspecified atom stereocenters. The van der Waals surface area contributed by atoms with Crippen molar-refractivity contribution in [2.45, 2.75) is 25.9 Å². The molecule has 2 aliphatic heterocycles. The molecule has 0 atom stereocenters. The molecule has 0 saturated carbocycles. The molecule has 29 heavy (non-hydrogen) atoms. The number of fused-ring (bicyclic) bond motifs is 1. The highest BCUT2D eigenvalue weighted by molar-refractivity contribution is 6.02. The summed E-state index contributed by atoms with van der Waals surface area (Å²) < 4.78 is 5.83. The summed E-state index contributed by atoms with van der Waals surface area (Å²) in [5, 5.41) is 0. The molecular weight excluding hydrogens is 370 g/mol. The summed E-state index contributed by atoms with van der Waals surface area (Å²) in [7, 11) is 0. The van der Waals surface area contributed by atoms with Gasteiger partial charge in [0.1, 0.15) is 5.75 Å². The fourth-order valence-electron chi connectivity index (χ4n) is 3.72. The van der Waals surface area contributed by atoms with E-state index in [-0.39, 0.29) is 18.2 Å². The van der Waals surface area contributed by atoms with Crippen molar-refractivity contribution >= 4 is 23.5 Å². The quantitative estimate of drug-likeness (QED) is 0.784. The van der Waals surface area contributed by atoms with Crippen LogP contribution in [0.5, 0.6) is 5.75 Å². The molecule has 3 heterocycles. The van der Waals surface area contributed by atoms with Crippen LogP contribution in [0.15, 0.2) is 42.7 Å². The highest BCUT2D eigenvalue weighted by Crippen LogP contribution is 2.37. The number of nitrogens with zero attached hydrogens (tertiary/aromatic N) is 5. The van der Waals surface area contributed by atoms with Crippen molar-refractivity contribution in [3.63, 3.8) is 0 Å². The van der Waals surface area contributed by atoms with E-state index in [0.717, 1.165) is 5.69 Å². The van der Waals surface area contributed by atoms with E-state index in [1.807, 2.05) is 29.2 Å². The molecule has 8 nitrogen and oxygen atoms in total.